The lowest BCUT2D eigenvalue weighted by molar-refractivity contribution is -0.128. The van der Waals surface area contributed by atoms with Crippen LogP contribution in [0.25, 0.3) is 0 Å². The van der Waals surface area contributed by atoms with E-state index in [1.54, 1.807) is 19.0 Å². The number of nitrogens with two attached hydrogens (primary N) is 1. The maximum Gasteiger partial charge on any atom is 0.240 e. The smallest absolute Gasteiger partial charge is 0.240 e. The fraction of sp³-hybridized carbons (Fsp3) is 0.250. The molecule has 1 heterocycles. The van der Waals surface area contributed by atoms with E-state index in [4.69, 9.17) is 5.84 Å². The number of nitrogens with zero attached hydrogens (tertiary/aromatic N) is 4. The number of carbonyl (C=O) groups is 1. The predicted molar refractivity (Wildman–Crippen MR) is 73.9 cm³/mol. The molecule has 7 heteroatoms. The SMILES string of the molecule is CN(C)C(=O)[C@@H](Sc1nncn1N)c1ccccc1. The largest absolute Gasteiger partial charge is 0.348 e. The van der Waals surface area contributed by atoms with Crippen molar-refractivity contribution in [1.82, 2.24) is 19.8 Å². The lowest BCUT2D eigenvalue weighted by Gasteiger charge is -2.19. The molecule has 2 rings (SSSR count). The molecule has 0 unspecified atom stereocenters. The molecular formula is C12H15N5OS. The normalized spacial score (nSPS) is 12.1. The second-order valence-electron chi connectivity index (χ2n) is 4.16. The molecule has 1 aromatic heterocycles. The van der Waals surface area contributed by atoms with Crippen molar-refractivity contribution < 1.29 is 4.79 Å². The van der Waals surface area contributed by atoms with E-state index in [-0.39, 0.29) is 11.2 Å². The van der Waals surface area contributed by atoms with E-state index in [2.05, 4.69) is 10.2 Å². The minimum absolute atomic E-state index is 0.0146. The van der Waals surface area contributed by atoms with E-state index in [0.717, 1.165) is 5.56 Å². The third-order valence-corrected chi connectivity index (χ3v) is 3.74. The van der Waals surface area contributed by atoms with E-state index >= 15 is 0 Å². The average molecular weight is 277 g/mol. The second-order valence-corrected chi connectivity index (χ2v) is 5.23. The van der Waals surface area contributed by atoms with Gasteiger partial charge in [0.25, 0.3) is 0 Å². The topological polar surface area (TPSA) is 77.0 Å². The number of nitrogen functional groups attached to an aromatic ring is 1. The van der Waals surface area contributed by atoms with Gasteiger partial charge in [-0.3, -0.25) is 4.79 Å². The molecule has 0 saturated heterocycles. The van der Waals surface area contributed by atoms with E-state index in [0.29, 0.717) is 5.16 Å². The Kier molecular flexibility index (Phi) is 4.06. The van der Waals surface area contributed by atoms with Gasteiger partial charge in [-0.15, -0.1) is 10.2 Å². The summed E-state index contributed by atoms with van der Waals surface area (Å²) in [7, 11) is 3.46. The summed E-state index contributed by atoms with van der Waals surface area (Å²) in [5, 5.41) is 7.74. The standard InChI is InChI=1S/C12H15N5OS/c1-16(2)11(18)10(9-6-4-3-5-7-9)19-12-15-14-8-17(12)13/h3-8,10H,13H2,1-2H3/t10-/m0/s1. The summed E-state index contributed by atoms with van der Waals surface area (Å²) in [6, 6.07) is 9.54. The Morgan fingerprint density at radius 2 is 2.05 bits per heavy atom. The number of amides is 1. The molecule has 100 valence electrons. The first-order valence-electron chi connectivity index (χ1n) is 5.67. The van der Waals surface area contributed by atoms with Crippen molar-refractivity contribution in [2.75, 3.05) is 19.9 Å². The van der Waals surface area contributed by atoms with Crippen molar-refractivity contribution in [2.45, 2.75) is 10.4 Å². The molecule has 1 amide bonds. The number of benzene rings is 1. The molecular weight excluding hydrogens is 262 g/mol. The van der Waals surface area contributed by atoms with Crippen LogP contribution in [0.15, 0.2) is 41.8 Å². The van der Waals surface area contributed by atoms with Crippen LogP contribution < -0.4 is 5.84 Å². The van der Waals surface area contributed by atoms with Gasteiger partial charge in [0.15, 0.2) is 0 Å². The Bertz CT molecular complexity index is 554. The molecule has 0 aliphatic heterocycles. The van der Waals surface area contributed by atoms with Crippen molar-refractivity contribution >= 4 is 17.7 Å². The molecule has 1 aromatic carbocycles. The van der Waals surface area contributed by atoms with E-state index in [1.165, 1.54) is 22.8 Å². The highest BCUT2D eigenvalue weighted by Crippen LogP contribution is 2.34. The Balaban J connectivity index is 2.30. The number of hydrogen-bond donors (Lipinski definition) is 1. The van der Waals surface area contributed by atoms with E-state index in [1.807, 2.05) is 30.3 Å². The van der Waals surface area contributed by atoms with Gasteiger partial charge >= 0.3 is 0 Å². The highest BCUT2D eigenvalue weighted by atomic mass is 32.2. The Hall–Kier alpha value is -2.02. The quantitative estimate of drug-likeness (QED) is 0.664. The molecule has 0 aliphatic carbocycles. The average Bonchev–Trinajstić information content (AvgIpc) is 2.81. The molecule has 0 aliphatic rings. The van der Waals surface area contributed by atoms with Crippen LogP contribution in [0.2, 0.25) is 0 Å². The summed E-state index contributed by atoms with van der Waals surface area (Å²) in [5.74, 6) is 5.67. The molecule has 6 nitrogen and oxygen atoms in total. The van der Waals surface area contributed by atoms with Crippen molar-refractivity contribution in [2.24, 2.45) is 0 Å². The summed E-state index contributed by atoms with van der Waals surface area (Å²) >= 11 is 1.28. The van der Waals surface area contributed by atoms with Gasteiger partial charge < -0.3 is 10.7 Å². The maximum absolute atomic E-state index is 12.3. The Labute approximate surface area is 115 Å². The highest BCUT2D eigenvalue weighted by molar-refractivity contribution is 8.00. The molecule has 1 atom stereocenters. The van der Waals surface area contributed by atoms with Gasteiger partial charge in [0, 0.05) is 14.1 Å². The molecule has 0 bridgehead atoms. The highest BCUT2D eigenvalue weighted by Gasteiger charge is 2.25. The molecule has 0 fully saturated rings. The number of aromatic nitrogens is 3. The lowest BCUT2D eigenvalue weighted by atomic mass is 10.1. The van der Waals surface area contributed by atoms with Gasteiger partial charge in [-0.2, -0.15) is 0 Å². The molecule has 2 N–H and O–H groups in total. The number of rotatable bonds is 4. The molecule has 0 saturated carbocycles. The zero-order valence-electron chi connectivity index (χ0n) is 10.7. The molecule has 0 radical (unpaired) electrons. The van der Waals surface area contributed by atoms with Gasteiger partial charge in [0.05, 0.1) is 0 Å². The summed E-state index contributed by atoms with van der Waals surface area (Å²) in [4.78, 5) is 13.8. The summed E-state index contributed by atoms with van der Waals surface area (Å²) in [6.45, 7) is 0. The van der Waals surface area contributed by atoms with Crippen molar-refractivity contribution in [1.29, 1.82) is 0 Å². The van der Waals surface area contributed by atoms with Gasteiger partial charge in [-0.05, 0) is 5.56 Å². The molecule has 0 spiro atoms. The van der Waals surface area contributed by atoms with Gasteiger partial charge in [0.1, 0.15) is 11.6 Å². The number of likely N-dealkylation sites (N-methyl/N-ethyl adjacent to an activating group) is 1. The minimum atomic E-state index is -0.386. The van der Waals surface area contributed by atoms with Crippen molar-refractivity contribution in [3.63, 3.8) is 0 Å². The predicted octanol–water partition coefficient (Wildman–Crippen LogP) is 0.913. The summed E-state index contributed by atoms with van der Waals surface area (Å²) in [5.41, 5.74) is 0.911. The summed E-state index contributed by atoms with van der Waals surface area (Å²) in [6.07, 6.45) is 1.41. The van der Waals surface area contributed by atoms with Gasteiger partial charge in [0.2, 0.25) is 11.1 Å². The Morgan fingerprint density at radius 1 is 1.37 bits per heavy atom. The zero-order valence-corrected chi connectivity index (χ0v) is 11.5. The number of carbonyl (C=O) groups excluding carboxylic acids is 1. The van der Waals surface area contributed by atoms with E-state index in [9.17, 15) is 4.79 Å². The first kappa shape index (κ1) is 13.4. The van der Waals surface area contributed by atoms with Crippen LogP contribution in [0.5, 0.6) is 0 Å². The number of thioether (sulfide) groups is 1. The molecule has 2 aromatic rings. The fourth-order valence-corrected chi connectivity index (χ4v) is 2.62. The first-order chi connectivity index (χ1) is 9.09. The summed E-state index contributed by atoms with van der Waals surface area (Å²) < 4.78 is 1.31. The van der Waals surface area contributed by atoms with Crippen LogP contribution in [0.3, 0.4) is 0 Å². The minimum Gasteiger partial charge on any atom is -0.348 e. The second kappa shape index (κ2) is 5.75. The third-order valence-electron chi connectivity index (χ3n) is 2.53. The number of hydrogen-bond acceptors (Lipinski definition) is 5. The van der Waals surface area contributed by atoms with Crippen LogP contribution in [-0.2, 0) is 4.79 Å². The maximum atomic E-state index is 12.3. The third kappa shape index (κ3) is 3.05. The fourth-order valence-electron chi connectivity index (χ4n) is 1.55. The first-order valence-corrected chi connectivity index (χ1v) is 6.55. The zero-order chi connectivity index (χ0) is 13.8. The van der Waals surface area contributed by atoms with Crippen LogP contribution >= 0.6 is 11.8 Å². The van der Waals surface area contributed by atoms with Gasteiger partial charge in [-0.1, -0.05) is 42.1 Å². The van der Waals surface area contributed by atoms with Crippen LogP contribution in [0, 0.1) is 0 Å². The van der Waals surface area contributed by atoms with Crippen LogP contribution in [0.4, 0.5) is 0 Å². The lowest BCUT2D eigenvalue weighted by Crippen LogP contribution is -2.27. The van der Waals surface area contributed by atoms with Crippen molar-refractivity contribution in [3.05, 3.63) is 42.2 Å². The molecule has 19 heavy (non-hydrogen) atoms. The van der Waals surface area contributed by atoms with E-state index < -0.39 is 0 Å². The van der Waals surface area contributed by atoms with Crippen LogP contribution in [-0.4, -0.2) is 39.8 Å². The monoisotopic (exact) mass is 277 g/mol. The van der Waals surface area contributed by atoms with Gasteiger partial charge in [-0.25, -0.2) is 4.68 Å². The van der Waals surface area contributed by atoms with Crippen molar-refractivity contribution in [3.8, 4) is 0 Å². The van der Waals surface area contributed by atoms with Crippen LogP contribution in [0.1, 0.15) is 10.8 Å². The Morgan fingerprint density at radius 3 is 2.58 bits per heavy atom.